The molecule has 2 aromatic rings. The molecule has 0 aliphatic carbocycles. The molecule has 2 aliphatic heterocycles. The number of aryl methyl sites for hydroxylation is 2. The summed E-state index contributed by atoms with van der Waals surface area (Å²) in [6.45, 7) is -0.475. The normalized spacial score (nSPS) is 33.5. The number of aliphatic hydroxyl groups is 1. The van der Waals surface area contributed by atoms with E-state index in [1.165, 1.54) is 0 Å². The first-order chi connectivity index (χ1) is 16.1. The van der Waals surface area contributed by atoms with Gasteiger partial charge in [0.2, 0.25) is 5.85 Å². The molecule has 0 radical (unpaired) electrons. The SMILES string of the molecule is [2H]C([2H])(OP1(=O)OCc2cc(C)cc(C)c2O1)[C@]1(F)C[C@@H](O)[C@]([2H])(n2cc(C=O)c(=O)[nH]c2=O)O1. The van der Waals surface area contributed by atoms with Crippen LogP contribution in [-0.4, -0.2) is 39.5 Å². The lowest BCUT2D eigenvalue weighted by molar-refractivity contribution is -0.179. The van der Waals surface area contributed by atoms with Crippen molar-refractivity contribution in [3.63, 3.8) is 0 Å². The summed E-state index contributed by atoms with van der Waals surface area (Å²) < 4.78 is 73.5. The minimum absolute atomic E-state index is 0.0509. The van der Waals surface area contributed by atoms with Crippen molar-refractivity contribution in [1.82, 2.24) is 9.55 Å². The number of fused-ring (bicyclic) bond motifs is 1. The number of alkyl halides is 1. The molecule has 0 saturated carbocycles. The van der Waals surface area contributed by atoms with E-state index in [0.717, 1.165) is 5.56 Å². The van der Waals surface area contributed by atoms with Crippen molar-refractivity contribution in [1.29, 1.82) is 0 Å². The molecule has 13 heteroatoms. The summed E-state index contributed by atoms with van der Waals surface area (Å²) in [6.07, 6.45) is -5.89. The maximum Gasteiger partial charge on any atom is 0.530 e. The van der Waals surface area contributed by atoms with Crippen LogP contribution in [-0.2, 0) is 25.0 Å². The predicted octanol–water partition coefficient (Wildman–Crippen LogP) is 1.65. The monoisotopic (exact) mass is 473 g/mol. The number of phosphoric ester groups is 1. The van der Waals surface area contributed by atoms with Crippen molar-refractivity contribution < 1.29 is 41.3 Å². The third kappa shape index (κ3) is 4.19. The van der Waals surface area contributed by atoms with E-state index in [9.17, 15) is 24.1 Å². The molecule has 4 rings (SSSR count). The van der Waals surface area contributed by atoms with Crippen LogP contribution in [0.25, 0.3) is 0 Å². The molecule has 1 saturated heterocycles. The molecule has 32 heavy (non-hydrogen) atoms. The highest BCUT2D eigenvalue weighted by molar-refractivity contribution is 7.49. The Kier molecular flexibility index (Phi) is 4.76. The van der Waals surface area contributed by atoms with Gasteiger partial charge in [0.25, 0.3) is 5.56 Å². The summed E-state index contributed by atoms with van der Waals surface area (Å²) >= 11 is 0. The van der Waals surface area contributed by atoms with Crippen LogP contribution in [0.5, 0.6) is 5.75 Å². The number of nitrogens with zero attached hydrogens (tertiary/aromatic N) is 1. The summed E-state index contributed by atoms with van der Waals surface area (Å²) in [4.78, 5) is 36.6. The zero-order valence-electron chi connectivity index (χ0n) is 19.8. The van der Waals surface area contributed by atoms with E-state index >= 15 is 4.39 Å². The molecule has 2 N–H and O–H groups in total. The molecule has 1 aromatic heterocycles. The molecule has 3 heterocycles. The van der Waals surface area contributed by atoms with Gasteiger partial charge < -0.3 is 14.4 Å². The fourth-order valence-corrected chi connectivity index (χ4v) is 4.53. The minimum Gasteiger partial charge on any atom is -0.403 e. The Bertz CT molecular complexity index is 1380. The first-order valence-corrected chi connectivity index (χ1v) is 10.7. The number of carbonyl (C=O) groups excluding carboxylic acids is 1. The Morgan fingerprint density at radius 1 is 1.50 bits per heavy atom. The van der Waals surface area contributed by atoms with Gasteiger partial charge in [-0.3, -0.25) is 28.2 Å². The number of aromatic amines is 1. The Hall–Kier alpha value is -2.63. The van der Waals surface area contributed by atoms with Gasteiger partial charge in [0, 0.05) is 18.2 Å². The molecular weight excluding hydrogens is 450 g/mol. The Labute approximate surface area is 184 Å². The van der Waals surface area contributed by atoms with Crippen LogP contribution in [0.2, 0.25) is 0 Å². The minimum atomic E-state index is -4.77. The van der Waals surface area contributed by atoms with Gasteiger partial charge in [0.05, 0.1) is 16.3 Å². The molecule has 2 aliphatic rings. The van der Waals surface area contributed by atoms with Gasteiger partial charge >= 0.3 is 13.5 Å². The van der Waals surface area contributed by atoms with Crippen LogP contribution in [0.1, 0.15) is 43.8 Å². The summed E-state index contributed by atoms with van der Waals surface area (Å²) in [5, 5.41) is 10.4. The van der Waals surface area contributed by atoms with Crippen molar-refractivity contribution in [2.24, 2.45) is 0 Å². The molecule has 1 aromatic carbocycles. The quantitative estimate of drug-likeness (QED) is 0.489. The molecule has 11 nitrogen and oxygen atoms in total. The Balaban J connectivity index is 1.65. The lowest BCUT2D eigenvalue weighted by atomic mass is 10.1. The fraction of sp³-hybridized carbons (Fsp3) is 0.421. The number of halogens is 1. The zero-order chi connectivity index (χ0) is 26.0. The van der Waals surface area contributed by atoms with Crippen molar-refractivity contribution >= 4 is 14.1 Å². The second kappa shape index (κ2) is 8.05. The standard InChI is InChI=1S/C19H20FN2O9P/c1-10-3-11(2)15-12(4-10)8-28-32(27,31-15)29-9-19(20)5-14(24)17(30-19)22-6-13(7-23)16(25)21-18(22)26/h3-4,6-7,14,17,24H,5,8-9H2,1-2H3,(H,21,25,26)/t14-,17-,19+,32?/m1/s1/i9D2,17D. The number of nitrogens with one attached hydrogen (secondary N) is 1. The van der Waals surface area contributed by atoms with Crippen molar-refractivity contribution in [3.05, 3.63) is 61.4 Å². The van der Waals surface area contributed by atoms with Crippen LogP contribution in [0.4, 0.5) is 4.39 Å². The van der Waals surface area contributed by atoms with E-state index in [2.05, 4.69) is 0 Å². The van der Waals surface area contributed by atoms with E-state index in [4.69, 9.17) is 22.4 Å². The molecule has 0 spiro atoms. The van der Waals surface area contributed by atoms with Crippen molar-refractivity contribution in [3.8, 4) is 5.75 Å². The topological polar surface area (TPSA) is 146 Å². The van der Waals surface area contributed by atoms with Crippen molar-refractivity contribution in [2.45, 2.75) is 45.0 Å². The van der Waals surface area contributed by atoms with Crippen LogP contribution >= 0.6 is 7.82 Å². The number of H-pyrrole nitrogens is 1. The number of carbonyl (C=O) groups is 1. The molecule has 0 amide bonds. The van der Waals surface area contributed by atoms with Crippen LogP contribution in [0.3, 0.4) is 0 Å². The largest absolute Gasteiger partial charge is 0.530 e. The molecule has 1 fully saturated rings. The van der Waals surface area contributed by atoms with Gasteiger partial charge in [0.1, 0.15) is 18.4 Å². The zero-order valence-corrected chi connectivity index (χ0v) is 17.7. The van der Waals surface area contributed by atoms with E-state index in [0.29, 0.717) is 17.3 Å². The molecule has 172 valence electrons. The van der Waals surface area contributed by atoms with E-state index in [-0.39, 0.29) is 23.2 Å². The van der Waals surface area contributed by atoms with E-state index < -0.39 is 55.8 Å². The maximum atomic E-state index is 15.8. The number of aromatic nitrogens is 2. The number of phosphoric acid groups is 1. The summed E-state index contributed by atoms with van der Waals surface area (Å²) in [5.74, 6) is -3.55. The number of rotatable bonds is 5. The number of aldehydes is 1. The highest BCUT2D eigenvalue weighted by Crippen LogP contribution is 2.56. The second-order valence-electron chi connectivity index (χ2n) is 7.30. The van der Waals surface area contributed by atoms with E-state index in [1.54, 1.807) is 24.0 Å². The highest BCUT2D eigenvalue weighted by atomic mass is 31.2. The predicted molar refractivity (Wildman–Crippen MR) is 106 cm³/mol. The van der Waals surface area contributed by atoms with Gasteiger partial charge in [-0.2, -0.15) is 0 Å². The molecule has 0 bridgehead atoms. The van der Waals surface area contributed by atoms with Gasteiger partial charge in [-0.15, -0.1) is 0 Å². The average Bonchev–Trinajstić information content (AvgIpc) is 2.98. The lowest BCUT2D eigenvalue weighted by Gasteiger charge is -2.28. The van der Waals surface area contributed by atoms with Gasteiger partial charge in [-0.1, -0.05) is 17.7 Å². The third-order valence-electron chi connectivity index (χ3n) is 4.73. The number of aliphatic hydroxyl groups excluding tert-OH is 1. The Morgan fingerprint density at radius 2 is 2.25 bits per heavy atom. The van der Waals surface area contributed by atoms with Gasteiger partial charge in [-0.25, -0.2) is 13.8 Å². The first kappa shape index (κ1) is 18.9. The fourth-order valence-electron chi connectivity index (χ4n) is 3.35. The summed E-state index contributed by atoms with van der Waals surface area (Å²) in [7, 11) is -4.77. The molecule has 4 atom stereocenters. The number of ether oxygens (including phenoxy) is 1. The van der Waals surface area contributed by atoms with E-state index in [1.807, 2.05) is 6.92 Å². The highest BCUT2D eigenvalue weighted by Gasteiger charge is 2.50. The number of hydrogen-bond donors (Lipinski definition) is 2. The average molecular weight is 473 g/mol. The van der Waals surface area contributed by atoms with Gasteiger partial charge in [-0.05, 0) is 19.4 Å². The second-order valence-corrected chi connectivity index (χ2v) is 8.81. The summed E-state index contributed by atoms with van der Waals surface area (Å²) in [6, 6.07) is 3.40. The summed E-state index contributed by atoms with van der Waals surface area (Å²) in [5.41, 5.74) is -1.16. The number of hydrogen-bond acceptors (Lipinski definition) is 9. The smallest absolute Gasteiger partial charge is 0.403 e. The van der Waals surface area contributed by atoms with Crippen LogP contribution < -0.4 is 15.8 Å². The van der Waals surface area contributed by atoms with Crippen molar-refractivity contribution in [2.75, 3.05) is 6.56 Å². The lowest BCUT2D eigenvalue weighted by Crippen LogP contribution is -2.37. The van der Waals surface area contributed by atoms with Crippen LogP contribution in [0, 0.1) is 13.8 Å². The number of benzene rings is 1. The van der Waals surface area contributed by atoms with Crippen LogP contribution in [0.15, 0.2) is 27.9 Å². The van der Waals surface area contributed by atoms with Gasteiger partial charge in [0.15, 0.2) is 12.5 Å². The first-order valence-electron chi connectivity index (χ1n) is 10.8. The molecule has 1 unspecified atom stereocenters. The maximum absolute atomic E-state index is 15.8. The third-order valence-corrected chi connectivity index (χ3v) is 5.89. The Morgan fingerprint density at radius 3 is 2.97 bits per heavy atom. The molecular formula is C19H20FN2O9P.